The van der Waals surface area contributed by atoms with Crippen LogP contribution in [0.5, 0.6) is 5.75 Å². The molecule has 0 bridgehead atoms. The Labute approximate surface area is 116 Å². The van der Waals surface area contributed by atoms with Crippen molar-refractivity contribution in [1.82, 2.24) is 9.55 Å². The average molecular weight is 301 g/mol. The summed E-state index contributed by atoms with van der Waals surface area (Å²) >= 11 is 0. The van der Waals surface area contributed by atoms with Gasteiger partial charge in [-0.05, 0) is 6.42 Å². The molecule has 0 saturated carbocycles. The Hall–Kier alpha value is -1.83. The number of aryl methyl sites for hydroxylation is 1. The van der Waals surface area contributed by atoms with Gasteiger partial charge in [-0.25, -0.2) is 17.8 Å². The first-order valence-electron chi connectivity index (χ1n) is 5.99. The zero-order valence-electron chi connectivity index (χ0n) is 11.3. The number of benzene rings is 1. The van der Waals surface area contributed by atoms with Crippen molar-refractivity contribution >= 4 is 26.8 Å². The number of nitrogens with two attached hydrogens (primary N) is 1. The Morgan fingerprint density at radius 3 is 2.75 bits per heavy atom. The fourth-order valence-electron chi connectivity index (χ4n) is 2.02. The van der Waals surface area contributed by atoms with Crippen LogP contribution < -0.4 is 10.5 Å². The molecule has 20 heavy (non-hydrogen) atoms. The lowest BCUT2D eigenvalue weighted by Crippen LogP contribution is -2.09. The van der Waals surface area contributed by atoms with E-state index in [1.54, 1.807) is 4.57 Å². The molecule has 0 spiro atoms. The Kier molecular flexibility index (Phi) is 3.85. The highest BCUT2D eigenvalue weighted by molar-refractivity contribution is 7.90. The largest absolute Gasteiger partial charge is 0.494 e. The molecule has 0 fully saturated rings. The molecule has 0 unspecified atom stereocenters. The van der Waals surface area contributed by atoms with Gasteiger partial charge in [-0.15, -0.1) is 0 Å². The highest BCUT2D eigenvalue weighted by atomic mass is 32.2. The standard InChI is InChI=1S/C12H16FN3O3S/c1-19-11-7-10-9(6-8(11)13)15-12(14)16(10)4-3-5-20(2,17)18/h6-7H,3-5H2,1-2H3,(H2,14,15). The van der Waals surface area contributed by atoms with Crippen molar-refractivity contribution in [3.8, 4) is 5.75 Å². The number of hydrogen-bond acceptors (Lipinski definition) is 5. The number of imidazole rings is 1. The number of methoxy groups -OCH3 is 1. The number of nitrogen functional groups attached to an aromatic ring is 1. The first-order valence-corrected chi connectivity index (χ1v) is 8.05. The van der Waals surface area contributed by atoms with Crippen LogP contribution in [0.1, 0.15) is 6.42 Å². The van der Waals surface area contributed by atoms with Gasteiger partial charge in [0.05, 0.1) is 23.9 Å². The van der Waals surface area contributed by atoms with Crippen molar-refractivity contribution in [2.45, 2.75) is 13.0 Å². The molecular formula is C12H16FN3O3S. The third-order valence-corrected chi connectivity index (χ3v) is 3.98. The first kappa shape index (κ1) is 14.6. The van der Waals surface area contributed by atoms with Gasteiger partial charge in [0.1, 0.15) is 9.84 Å². The summed E-state index contributed by atoms with van der Waals surface area (Å²) in [6.45, 7) is 0.393. The van der Waals surface area contributed by atoms with Crippen molar-refractivity contribution in [3.63, 3.8) is 0 Å². The van der Waals surface area contributed by atoms with Crippen LogP contribution in [0, 0.1) is 5.82 Å². The lowest BCUT2D eigenvalue weighted by atomic mass is 10.3. The van der Waals surface area contributed by atoms with Crippen molar-refractivity contribution in [3.05, 3.63) is 17.9 Å². The Morgan fingerprint density at radius 2 is 2.15 bits per heavy atom. The van der Waals surface area contributed by atoms with Crippen LogP contribution in [0.15, 0.2) is 12.1 Å². The van der Waals surface area contributed by atoms with E-state index in [-0.39, 0.29) is 17.5 Å². The van der Waals surface area contributed by atoms with Gasteiger partial charge in [0.15, 0.2) is 11.6 Å². The monoisotopic (exact) mass is 301 g/mol. The summed E-state index contributed by atoms with van der Waals surface area (Å²) in [5.74, 6) is -0.131. The molecular weight excluding hydrogens is 285 g/mol. The maximum Gasteiger partial charge on any atom is 0.201 e. The molecule has 0 radical (unpaired) electrons. The van der Waals surface area contributed by atoms with E-state index in [0.29, 0.717) is 24.0 Å². The average Bonchev–Trinajstić information content (AvgIpc) is 2.62. The zero-order chi connectivity index (χ0) is 14.9. The Morgan fingerprint density at radius 1 is 1.45 bits per heavy atom. The van der Waals surface area contributed by atoms with Crippen molar-refractivity contribution in [2.75, 3.05) is 24.9 Å². The van der Waals surface area contributed by atoms with E-state index in [1.807, 2.05) is 0 Å². The Bertz CT molecular complexity index is 740. The van der Waals surface area contributed by atoms with Crippen LogP contribution in [0.4, 0.5) is 10.3 Å². The molecule has 6 nitrogen and oxygen atoms in total. The molecule has 2 rings (SSSR count). The molecule has 0 aliphatic heterocycles. The number of sulfone groups is 1. The summed E-state index contributed by atoms with van der Waals surface area (Å²) < 4.78 is 42.4. The summed E-state index contributed by atoms with van der Waals surface area (Å²) in [4.78, 5) is 4.06. The first-order chi connectivity index (χ1) is 9.31. The summed E-state index contributed by atoms with van der Waals surface area (Å²) in [5.41, 5.74) is 6.82. The number of halogens is 1. The molecule has 0 saturated heterocycles. The van der Waals surface area contributed by atoms with Gasteiger partial charge in [0.25, 0.3) is 0 Å². The topological polar surface area (TPSA) is 87.2 Å². The molecule has 0 amide bonds. The number of hydrogen-bond donors (Lipinski definition) is 1. The minimum Gasteiger partial charge on any atom is -0.494 e. The molecule has 1 heterocycles. The van der Waals surface area contributed by atoms with E-state index in [4.69, 9.17) is 10.5 Å². The van der Waals surface area contributed by atoms with Crippen molar-refractivity contribution < 1.29 is 17.5 Å². The minimum absolute atomic E-state index is 0.0600. The van der Waals surface area contributed by atoms with Crippen LogP contribution >= 0.6 is 0 Å². The second-order valence-corrected chi connectivity index (χ2v) is 6.84. The van der Waals surface area contributed by atoms with E-state index in [0.717, 1.165) is 0 Å². The predicted octanol–water partition coefficient (Wildman–Crippen LogP) is 1.20. The molecule has 2 N–H and O–H groups in total. The minimum atomic E-state index is -3.02. The number of anilines is 1. The van der Waals surface area contributed by atoms with Crippen LogP contribution in [-0.4, -0.2) is 37.1 Å². The quantitative estimate of drug-likeness (QED) is 0.896. The smallest absolute Gasteiger partial charge is 0.201 e. The summed E-state index contributed by atoms with van der Waals surface area (Å²) in [6.07, 6.45) is 1.59. The number of aromatic nitrogens is 2. The molecule has 8 heteroatoms. The second kappa shape index (κ2) is 5.28. The Balaban J connectivity index is 2.35. The molecule has 110 valence electrons. The second-order valence-electron chi connectivity index (χ2n) is 4.58. The molecule has 2 aromatic rings. The number of ether oxygens (including phenoxy) is 1. The van der Waals surface area contributed by atoms with Crippen LogP contribution in [0.3, 0.4) is 0 Å². The normalized spacial score (nSPS) is 11.9. The van der Waals surface area contributed by atoms with Gasteiger partial charge < -0.3 is 15.0 Å². The maximum atomic E-state index is 13.6. The van der Waals surface area contributed by atoms with E-state index < -0.39 is 15.7 Å². The zero-order valence-corrected chi connectivity index (χ0v) is 12.1. The van der Waals surface area contributed by atoms with Gasteiger partial charge in [0, 0.05) is 24.9 Å². The highest BCUT2D eigenvalue weighted by Crippen LogP contribution is 2.26. The third kappa shape index (κ3) is 3.01. The van der Waals surface area contributed by atoms with Crippen LogP contribution in [0.2, 0.25) is 0 Å². The van der Waals surface area contributed by atoms with E-state index >= 15 is 0 Å². The predicted molar refractivity (Wildman–Crippen MR) is 75.0 cm³/mol. The van der Waals surface area contributed by atoms with Gasteiger partial charge in [-0.3, -0.25) is 0 Å². The molecule has 1 aromatic heterocycles. The van der Waals surface area contributed by atoms with Gasteiger partial charge in [-0.1, -0.05) is 0 Å². The van der Waals surface area contributed by atoms with Crippen LogP contribution in [0.25, 0.3) is 11.0 Å². The van der Waals surface area contributed by atoms with Crippen LogP contribution in [-0.2, 0) is 16.4 Å². The molecule has 1 aromatic carbocycles. The molecule has 0 atom stereocenters. The van der Waals surface area contributed by atoms with Crippen molar-refractivity contribution in [2.24, 2.45) is 0 Å². The lowest BCUT2D eigenvalue weighted by molar-refractivity contribution is 0.387. The number of nitrogens with zero attached hydrogens (tertiary/aromatic N) is 2. The lowest BCUT2D eigenvalue weighted by Gasteiger charge is -2.07. The maximum absolute atomic E-state index is 13.6. The SMILES string of the molecule is COc1cc2c(cc1F)nc(N)n2CCCS(C)(=O)=O. The van der Waals surface area contributed by atoms with Gasteiger partial charge in [0.2, 0.25) is 5.95 Å². The highest BCUT2D eigenvalue weighted by Gasteiger charge is 2.13. The molecule has 0 aliphatic rings. The van der Waals surface area contributed by atoms with Gasteiger partial charge in [-0.2, -0.15) is 0 Å². The van der Waals surface area contributed by atoms with E-state index in [2.05, 4.69) is 4.98 Å². The third-order valence-electron chi connectivity index (χ3n) is 2.95. The van der Waals surface area contributed by atoms with Crippen molar-refractivity contribution in [1.29, 1.82) is 0 Å². The van der Waals surface area contributed by atoms with E-state index in [1.165, 1.54) is 25.5 Å². The fraction of sp³-hybridized carbons (Fsp3) is 0.417. The summed E-state index contributed by atoms with van der Waals surface area (Å²) in [6, 6.07) is 2.76. The van der Waals surface area contributed by atoms with E-state index in [9.17, 15) is 12.8 Å². The summed E-state index contributed by atoms with van der Waals surface area (Å²) in [5, 5.41) is 0. The number of rotatable bonds is 5. The summed E-state index contributed by atoms with van der Waals surface area (Å²) in [7, 11) is -1.65. The van der Waals surface area contributed by atoms with Gasteiger partial charge >= 0.3 is 0 Å². The fourth-order valence-corrected chi connectivity index (χ4v) is 2.67. The molecule has 0 aliphatic carbocycles. The number of fused-ring (bicyclic) bond motifs is 1.